The van der Waals surface area contributed by atoms with Crippen LogP contribution in [0.15, 0.2) is 120 Å². The Balaban J connectivity index is 1.16. The highest BCUT2D eigenvalue weighted by atomic mass is 32.2. The van der Waals surface area contributed by atoms with Crippen molar-refractivity contribution in [1.29, 1.82) is 0 Å². The molecule has 4 aromatic carbocycles. The van der Waals surface area contributed by atoms with E-state index in [1.54, 1.807) is 48.5 Å². The number of nitrogens with one attached hydrogen (secondary N) is 3. The molecule has 0 aliphatic heterocycles. The summed E-state index contributed by atoms with van der Waals surface area (Å²) < 4.78 is 11.0. The Bertz CT molecular complexity index is 2130. The lowest BCUT2D eigenvalue weighted by molar-refractivity contribution is -0.116. The Morgan fingerprint density at radius 1 is 0.852 bits per heavy atom. The Morgan fingerprint density at radius 3 is 2.30 bits per heavy atom. The molecule has 1 atom stereocenters. The van der Waals surface area contributed by atoms with Gasteiger partial charge < -0.3 is 25.4 Å². The van der Waals surface area contributed by atoms with Crippen LogP contribution in [0, 0.1) is 0 Å². The van der Waals surface area contributed by atoms with E-state index in [1.165, 1.54) is 30.2 Å². The predicted molar refractivity (Wildman–Crippen MR) is 215 cm³/mol. The number of hydrogen-bond donors (Lipinski definition) is 3. The number of esters is 1. The summed E-state index contributed by atoms with van der Waals surface area (Å²) in [4.78, 5) is 55.2. The van der Waals surface area contributed by atoms with Gasteiger partial charge in [-0.05, 0) is 97.3 Å². The van der Waals surface area contributed by atoms with Crippen molar-refractivity contribution in [2.45, 2.75) is 55.8 Å². The van der Waals surface area contributed by atoms with Gasteiger partial charge in [-0.1, -0.05) is 73.7 Å². The molecule has 3 amide bonds. The van der Waals surface area contributed by atoms with Crippen LogP contribution in [-0.4, -0.2) is 36.1 Å². The number of fused-ring (bicyclic) bond motifs is 1. The van der Waals surface area contributed by atoms with Crippen molar-refractivity contribution in [3.8, 4) is 5.75 Å². The van der Waals surface area contributed by atoms with E-state index in [1.807, 2.05) is 73.7 Å². The van der Waals surface area contributed by atoms with Crippen LogP contribution in [0.5, 0.6) is 5.75 Å². The van der Waals surface area contributed by atoms with E-state index in [9.17, 15) is 19.2 Å². The lowest BCUT2D eigenvalue weighted by Crippen LogP contribution is -2.30. The maximum absolute atomic E-state index is 13.8. The average molecular weight is 760 g/mol. The van der Waals surface area contributed by atoms with Crippen molar-refractivity contribution in [1.82, 2.24) is 5.32 Å². The molecular formula is C43H41N3O6S2. The van der Waals surface area contributed by atoms with Gasteiger partial charge in [0.05, 0.1) is 17.9 Å². The molecule has 11 heteroatoms. The molecule has 5 aromatic rings. The van der Waals surface area contributed by atoms with Crippen molar-refractivity contribution in [2.75, 3.05) is 17.7 Å². The van der Waals surface area contributed by atoms with Gasteiger partial charge >= 0.3 is 5.97 Å². The predicted octanol–water partition coefficient (Wildman–Crippen LogP) is 8.91. The molecule has 9 nitrogen and oxygen atoms in total. The van der Waals surface area contributed by atoms with Gasteiger partial charge in [0, 0.05) is 21.0 Å². The van der Waals surface area contributed by atoms with Crippen molar-refractivity contribution in [3.63, 3.8) is 0 Å². The molecule has 3 N–H and O–H groups in total. The summed E-state index contributed by atoms with van der Waals surface area (Å²) in [5.74, 6) is -0.935. The van der Waals surface area contributed by atoms with Crippen molar-refractivity contribution >= 4 is 63.6 Å². The SMILES string of the molecule is CCC(Sc1cccc(NC(=O)/C(=C/c2ccc(OCc3ccccc3)cc2)NC(=O)c2ccccc2)c1)C(=O)Nc1sc2c(c1C(=O)OC)CCCC2. The third kappa shape index (κ3) is 9.85. The summed E-state index contributed by atoms with van der Waals surface area (Å²) in [6, 6.07) is 33.0. The van der Waals surface area contributed by atoms with Gasteiger partial charge in [-0.15, -0.1) is 23.1 Å². The maximum Gasteiger partial charge on any atom is 0.341 e. The van der Waals surface area contributed by atoms with Crippen LogP contribution >= 0.6 is 23.1 Å². The van der Waals surface area contributed by atoms with Crippen LogP contribution in [0.25, 0.3) is 6.08 Å². The fraction of sp³-hybridized carbons (Fsp3) is 0.209. The second-order valence-electron chi connectivity index (χ2n) is 12.6. The summed E-state index contributed by atoms with van der Waals surface area (Å²) in [6.45, 7) is 2.35. The average Bonchev–Trinajstić information content (AvgIpc) is 3.57. The highest BCUT2D eigenvalue weighted by Crippen LogP contribution is 2.39. The summed E-state index contributed by atoms with van der Waals surface area (Å²) >= 11 is 2.82. The topological polar surface area (TPSA) is 123 Å². The number of methoxy groups -OCH3 is 1. The molecule has 276 valence electrons. The first-order chi connectivity index (χ1) is 26.3. The highest BCUT2D eigenvalue weighted by molar-refractivity contribution is 8.00. The summed E-state index contributed by atoms with van der Waals surface area (Å²) in [5.41, 5.74) is 4.12. The fourth-order valence-electron chi connectivity index (χ4n) is 6.01. The molecule has 1 aromatic heterocycles. The molecule has 6 rings (SSSR count). The minimum Gasteiger partial charge on any atom is -0.489 e. The van der Waals surface area contributed by atoms with Crippen LogP contribution < -0.4 is 20.7 Å². The van der Waals surface area contributed by atoms with E-state index in [-0.39, 0.29) is 11.6 Å². The third-order valence-corrected chi connectivity index (χ3v) is 11.4. The normalized spacial score (nSPS) is 12.9. The third-order valence-electron chi connectivity index (χ3n) is 8.80. The number of rotatable bonds is 14. The van der Waals surface area contributed by atoms with Crippen LogP contribution in [-0.2, 0) is 33.8 Å². The Kier molecular flexibility index (Phi) is 13.0. The highest BCUT2D eigenvalue weighted by Gasteiger charge is 2.29. The number of ether oxygens (including phenoxy) is 2. The molecule has 1 aliphatic rings. The number of amides is 3. The van der Waals surface area contributed by atoms with Crippen LogP contribution in [0.2, 0.25) is 0 Å². The lowest BCUT2D eigenvalue weighted by atomic mass is 9.95. The minimum absolute atomic E-state index is 0.0470. The molecule has 0 radical (unpaired) electrons. The molecule has 1 heterocycles. The van der Waals surface area contributed by atoms with Gasteiger partial charge in [-0.2, -0.15) is 0 Å². The Morgan fingerprint density at radius 2 is 1.57 bits per heavy atom. The number of hydrogen-bond acceptors (Lipinski definition) is 8. The molecule has 1 aliphatic carbocycles. The standard InChI is InChI=1S/C43H41N3O6S2/c1-3-36(41(49)46-42-38(43(50)51-2)34-19-10-11-20-37(34)54-42)53-33-18-12-17-31(26-33)44-40(48)35(45-39(47)30-15-8-5-9-16-30)25-28-21-23-32(24-22-28)52-27-29-13-6-4-7-14-29/h4-9,12-18,21-26,36H,3,10-11,19-20,27H2,1-2H3,(H,44,48)(H,45,47)(H,46,49)/b35-25-. The van der Waals surface area contributed by atoms with E-state index in [2.05, 4.69) is 16.0 Å². The molecule has 1 unspecified atom stereocenters. The summed E-state index contributed by atoms with van der Waals surface area (Å²) in [7, 11) is 1.36. The van der Waals surface area contributed by atoms with Gasteiger partial charge in [0.25, 0.3) is 11.8 Å². The lowest BCUT2D eigenvalue weighted by Gasteiger charge is -2.16. The maximum atomic E-state index is 13.8. The fourth-order valence-corrected chi connectivity index (χ4v) is 8.30. The van der Waals surface area contributed by atoms with E-state index < -0.39 is 23.0 Å². The first kappa shape index (κ1) is 38.1. The molecular weight excluding hydrogens is 719 g/mol. The second-order valence-corrected chi connectivity index (χ2v) is 15.0. The van der Waals surface area contributed by atoms with Crippen LogP contribution in [0.1, 0.15) is 68.5 Å². The zero-order valence-electron chi connectivity index (χ0n) is 30.1. The van der Waals surface area contributed by atoms with Crippen molar-refractivity contribution in [2.24, 2.45) is 0 Å². The first-order valence-corrected chi connectivity index (χ1v) is 19.5. The molecule has 0 bridgehead atoms. The minimum atomic E-state index is -0.521. The second kappa shape index (κ2) is 18.4. The number of carbonyl (C=O) groups excluding carboxylic acids is 4. The molecule has 0 spiro atoms. The Labute approximate surface area is 323 Å². The van der Waals surface area contributed by atoms with Crippen molar-refractivity contribution in [3.05, 3.63) is 148 Å². The first-order valence-electron chi connectivity index (χ1n) is 17.8. The van der Waals surface area contributed by atoms with Gasteiger partial charge in [-0.25, -0.2) is 4.79 Å². The van der Waals surface area contributed by atoms with Crippen molar-refractivity contribution < 1.29 is 28.7 Å². The summed E-state index contributed by atoms with van der Waals surface area (Å²) in [6.07, 6.45) is 5.86. The zero-order chi connectivity index (χ0) is 37.9. The van der Waals surface area contributed by atoms with Gasteiger partial charge in [0.15, 0.2) is 0 Å². The molecule has 0 saturated carbocycles. The number of benzene rings is 4. The number of carbonyl (C=O) groups is 4. The zero-order valence-corrected chi connectivity index (χ0v) is 31.7. The largest absolute Gasteiger partial charge is 0.489 e. The van der Waals surface area contributed by atoms with Gasteiger partial charge in [0.2, 0.25) is 5.91 Å². The molecule has 0 fully saturated rings. The smallest absolute Gasteiger partial charge is 0.341 e. The number of aryl methyl sites for hydroxylation is 1. The van der Waals surface area contributed by atoms with Gasteiger partial charge in [0.1, 0.15) is 23.1 Å². The number of thiophene rings is 1. The summed E-state index contributed by atoms with van der Waals surface area (Å²) in [5, 5.41) is 8.78. The Hall–Kier alpha value is -5.65. The van der Waals surface area contributed by atoms with Crippen LogP contribution in [0.4, 0.5) is 10.7 Å². The van der Waals surface area contributed by atoms with E-state index >= 15 is 0 Å². The van der Waals surface area contributed by atoms with E-state index in [0.29, 0.717) is 46.2 Å². The quantitative estimate of drug-likeness (QED) is 0.0587. The van der Waals surface area contributed by atoms with E-state index in [4.69, 9.17) is 9.47 Å². The molecule has 0 saturated heterocycles. The van der Waals surface area contributed by atoms with Crippen LogP contribution in [0.3, 0.4) is 0 Å². The monoisotopic (exact) mass is 759 g/mol. The number of anilines is 2. The van der Waals surface area contributed by atoms with Gasteiger partial charge in [-0.3, -0.25) is 14.4 Å². The number of thioether (sulfide) groups is 1. The van der Waals surface area contributed by atoms with E-state index in [0.717, 1.165) is 46.6 Å². The molecule has 54 heavy (non-hydrogen) atoms.